The highest BCUT2D eigenvalue weighted by molar-refractivity contribution is 5.74. The van der Waals surface area contributed by atoms with Gasteiger partial charge in [0.1, 0.15) is 6.54 Å². The molecule has 0 spiro atoms. The molecule has 2 amide bonds. The van der Waals surface area contributed by atoms with E-state index in [9.17, 15) is 18.0 Å². The second-order valence-electron chi connectivity index (χ2n) is 4.20. The maximum absolute atomic E-state index is 11.9. The highest BCUT2D eigenvalue weighted by Gasteiger charge is 2.30. The highest BCUT2D eigenvalue weighted by atomic mass is 19.4. The van der Waals surface area contributed by atoms with E-state index in [0.29, 0.717) is 19.6 Å². The molecule has 1 aliphatic rings. The Morgan fingerprint density at radius 3 is 2.53 bits per heavy atom. The minimum Gasteiger partial charge on any atom is -0.329 e. The van der Waals surface area contributed by atoms with Crippen molar-refractivity contribution in [1.82, 2.24) is 15.1 Å². The largest absolute Gasteiger partial charge is 0.405 e. The quantitative estimate of drug-likeness (QED) is 0.804. The molecule has 17 heavy (non-hydrogen) atoms. The molecule has 1 aliphatic heterocycles. The van der Waals surface area contributed by atoms with Crippen LogP contribution in [-0.4, -0.2) is 60.8 Å². The van der Waals surface area contributed by atoms with Crippen LogP contribution in [0.15, 0.2) is 0 Å². The molecule has 0 aromatic rings. The first-order valence-electron chi connectivity index (χ1n) is 5.67. The Kier molecular flexibility index (Phi) is 4.62. The van der Waals surface area contributed by atoms with Crippen LogP contribution in [0.5, 0.6) is 0 Å². The van der Waals surface area contributed by atoms with Gasteiger partial charge < -0.3 is 10.2 Å². The smallest absolute Gasteiger partial charge is 0.329 e. The molecule has 1 atom stereocenters. The Bertz CT molecular complexity index is 270. The van der Waals surface area contributed by atoms with E-state index in [1.807, 2.05) is 19.2 Å². The van der Waals surface area contributed by atoms with E-state index in [2.05, 4.69) is 4.90 Å². The molecule has 0 aromatic carbocycles. The number of carbonyl (C=O) groups excluding carboxylic acids is 1. The van der Waals surface area contributed by atoms with Crippen LogP contribution in [-0.2, 0) is 0 Å². The topological polar surface area (TPSA) is 35.6 Å². The van der Waals surface area contributed by atoms with Gasteiger partial charge in [0.15, 0.2) is 0 Å². The SMILES string of the molecule is CCN1CCN(C(=O)NCC(F)(F)F)CC1C. The van der Waals surface area contributed by atoms with Gasteiger partial charge in [0.2, 0.25) is 0 Å². The summed E-state index contributed by atoms with van der Waals surface area (Å²) in [5, 5.41) is 1.89. The minimum absolute atomic E-state index is 0.186. The zero-order valence-corrected chi connectivity index (χ0v) is 10.0. The van der Waals surface area contributed by atoms with Crippen molar-refractivity contribution in [3.8, 4) is 0 Å². The van der Waals surface area contributed by atoms with Gasteiger partial charge in [-0.2, -0.15) is 13.2 Å². The van der Waals surface area contributed by atoms with Gasteiger partial charge in [-0.1, -0.05) is 6.92 Å². The predicted molar refractivity (Wildman–Crippen MR) is 57.7 cm³/mol. The first-order valence-corrected chi connectivity index (χ1v) is 5.67. The molecule has 0 aliphatic carbocycles. The number of carbonyl (C=O) groups is 1. The van der Waals surface area contributed by atoms with Crippen molar-refractivity contribution < 1.29 is 18.0 Å². The van der Waals surface area contributed by atoms with Crippen LogP contribution >= 0.6 is 0 Å². The second kappa shape index (κ2) is 5.57. The lowest BCUT2D eigenvalue weighted by Gasteiger charge is -2.39. The van der Waals surface area contributed by atoms with Crippen LogP contribution in [0, 0.1) is 0 Å². The molecule has 0 saturated carbocycles. The number of hydrogen-bond donors (Lipinski definition) is 1. The molecule has 100 valence electrons. The van der Waals surface area contributed by atoms with E-state index in [4.69, 9.17) is 0 Å². The van der Waals surface area contributed by atoms with E-state index in [-0.39, 0.29) is 6.04 Å². The van der Waals surface area contributed by atoms with Gasteiger partial charge in [-0.05, 0) is 13.5 Å². The molecular formula is C10H18F3N3O. The number of nitrogens with one attached hydrogen (secondary N) is 1. The average molecular weight is 253 g/mol. The van der Waals surface area contributed by atoms with Crippen LogP contribution in [0.1, 0.15) is 13.8 Å². The van der Waals surface area contributed by atoms with Crippen LogP contribution in [0.4, 0.5) is 18.0 Å². The average Bonchev–Trinajstić information content (AvgIpc) is 2.24. The third-order valence-electron chi connectivity index (χ3n) is 2.90. The molecule has 7 heteroatoms. The zero-order valence-electron chi connectivity index (χ0n) is 10.0. The lowest BCUT2D eigenvalue weighted by molar-refractivity contribution is -0.123. The molecule has 0 bridgehead atoms. The Morgan fingerprint density at radius 2 is 2.06 bits per heavy atom. The normalized spacial score (nSPS) is 22.6. The number of halogens is 3. The fourth-order valence-electron chi connectivity index (χ4n) is 1.94. The minimum atomic E-state index is -4.35. The molecule has 1 N–H and O–H groups in total. The lowest BCUT2D eigenvalue weighted by atomic mass is 10.2. The molecule has 0 radical (unpaired) electrons. The fourth-order valence-corrected chi connectivity index (χ4v) is 1.94. The number of likely N-dealkylation sites (N-methyl/N-ethyl adjacent to an activating group) is 1. The highest BCUT2D eigenvalue weighted by Crippen LogP contribution is 2.13. The number of amides is 2. The Hall–Kier alpha value is -0.980. The van der Waals surface area contributed by atoms with Gasteiger partial charge in [0.25, 0.3) is 0 Å². The summed E-state index contributed by atoms with van der Waals surface area (Å²) in [6.07, 6.45) is -4.35. The van der Waals surface area contributed by atoms with Gasteiger partial charge in [-0.25, -0.2) is 4.79 Å². The number of alkyl halides is 3. The van der Waals surface area contributed by atoms with Gasteiger partial charge in [-0.3, -0.25) is 4.90 Å². The van der Waals surface area contributed by atoms with Gasteiger partial charge in [0.05, 0.1) is 0 Å². The maximum atomic E-state index is 11.9. The fraction of sp³-hybridized carbons (Fsp3) is 0.900. The zero-order chi connectivity index (χ0) is 13.1. The Labute approximate surface area is 98.7 Å². The summed E-state index contributed by atoms with van der Waals surface area (Å²) in [5.74, 6) is 0. The summed E-state index contributed by atoms with van der Waals surface area (Å²) < 4.78 is 35.8. The Morgan fingerprint density at radius 1 is 1.41 bits per heavy atom. The number of rotatable bonds is 2. The number of piperazine rings is 1. The maximum Gasteiger partial charge on any atom is 0.405 e. The standard InChI is InChI=1S/C10H18F3N3O/c1-3-15-4-5-16(6-8(15)2)9(17)14-7-10(11,12)13/h8H,3-7H2,1-2H3,(H,14,17). The van der Waals surface area contributed by atoms with E-state index in [0.717, 1.165) is 6.54 Å². The summed E-state index contributed by atoms with van der Waals surface area (Å²) in [7, 11) is 0. The van der Waals surface area contributed by atoms with E-state index in [1.54, 1.807) is 0 Å². The molecule has 1 rings (SSSR count). The summed E-state index contributed by atoms with van der Waals surface area (Å²) in [6, 6.07) is -0.449. The van der Waals surface area contributed by atoms with Gasteiger partial charge >= 0.3 is 12.2 Å². The van der Waals surface area contributed by atoms with Crippen molar-refractivity contribution in [1.29, 1.82) is 0 Å². The van der Waals surface area contributed by atoms with E-state index in [1.165, 1.54) is 4.90 Å². The van der Waals surface area contributed by atoms with E-state index >= 15 is 0 Å². The number of urea groups is 1. The number of hydrogen-bond acceptors (Lipinski definition) is 2. The molecule has 1 saturated heterocycles. The molecular weight excluding hydrogens is 235 g/mol. The number of nitrogens with zero attached hydrogens (tertiary/aromatic N) is 2. The van der Waals surface area contributed by atoms with Gasteiger partial charge in [-0.15, -0.1) is 0 Å². The molecule has 1 fully saturated rings. The van der Waals surface area contributed by atoms with Crippen LogP contribution in [0.2, 0.25) is 0 Å². The Balaban J connectivity index is 2.39. The first-order chi connectivity index (χ1) is 7.83. The molecule has 4 nitrogen and oxygen atoms in total. The van der Waals surface area contributed by atoms with Gasteiger partial charge in [0, 0.05) is 25.7 Å². The summed E-state index contributed by atoms with van der Waals surface area (Å²) >= 11 is 0. The van der Waals surface area contributed by atoms with Crippen LogP contribution < -0.4 is 5.32 Å². The van der Waals surface area contributed by atoms with E-state index < -0.39 is 18.8 Å². The third-order valence-corrected chi connectivity index (χ3v) is 2.90. The van der Waals surface area contributed by atoms with Crippen LogP contribution in [0.3, 0.4) is 0 Å². The second-order valence-corrected chi connectivity index (χ2v) is 4.20. The van der Waals surface area contributed by atoms with Crippen molar-refractivity contribution in [3.05, 3.63) is 0 Å². The molecule has 1 heterocycles. The predicted octanol–water partition coefficient (Wildman–Crippen LogP) is 1.28. The summed E-state index contributed by atoms with van der Waals surface area (Å²) in [5.41, 5.74) is 0. The lowest BCUT2D eigenvalue weighted by Crippen LogP contribution is -2.56. The van der Waals surface area contributed by atoms with Crippen molar-refractivity contribution in [2.45, 2.75) is 26.1 Å². The van der Waals surface area contributed by atoms with Crippen molar-refractivity contribution in [2.75, 3.05) is 32.7 Å². The molecule has 1 unspecified atom stereocenters. The monoisotopic (exact) mass is 253 g/mol. The first kappa shape index (κ1) is 14.1. The molecule has 0 aromatic heterocycles. The summed E-state index contributed by atoms with van der Waals surface area (Å²) in [4.78, 5) is 15.1. The van der Waals surface area contributed by atoms with Crippen molar-refractivity contribution in [2.24, 2.45) is 0 Å². The summed E-state index contributed by atoms with van der Waals surface area (Å²) in [6.45, 7) is 5.26. The van der Waals surface area contributed by atoms with Crippen molar-refractivity contribution >= 4 is 6.03 Å². The van der Waals surface area contributed by atoms with Crippen LogP contribution in [0.25, 0.3) is 0 Å². The van der Waals surface area contributed by atoms with Crippen molar-refractivity contribution in [3.63, 3.8) is 0 Å². The third kappa shape index (κ3) is 4.41.